The Labute approximate surface area is 117 Å². The number of hydrogen-bond acceptors (Lipinski definition) is 5. The van der Waals surface area contributed by atoms with E-state index < -0.39 is 0 Å². The van der Waals surface area contributed by atoms with Gasteiger partial charge in [-0.05, 0) is 26.9 Å². The van der Waals surface area contributed by atoms with Crippen LogP contribution in [0.2, 0.25) is 0 Å². The fourth-order valence-corrected chi connectivity index (χ4v) is 3.05. The molecule has 0 spiro atoms. The molecule has 2 N–H and O–H groups in total. The van der Waals surface area contributed by atoms with Crippen molar-refractivity contribution < 1.29 is 4.79 Å². The van der Waals surface area contributed by atoms with Crippen LogP contribution < -0.4 is 10.6 Å². The minimum atomic E-state index is -0.205. The van der Waals surface area contributed by atoms with E-state index in [0.717, 1.165) is 12.8 Å². The summed E-state index contributed by atoms with van der Waals surface area (Å²) in [5, 5.41) is 13.7. The first-order valence-electron chi connectivity index (χ1n) is 6.61. The number of anilines is 1. The molecule has 1 aliphatic carbocycles. The summed E-state index contributed by atoms with van der Waals surface area (Å²) in [7, 11) is 4.19. The van der Waals surface area contributed by atoms with Crippen LogP contribution in [-0.2, 0) is 0 Å². The Morgan fingerprint density at radius 1 is 1.42 bits per heavy atom. The zero-order chi connectivity index (χ0) is 13.7. The Morgan fingerprint density at radius 3 is 2.74 bits per heavy atom. The Kier molecular flexibility index (Phi) is 4.71. The number of amides is 2. The van der Waals surface area contributed by atoms with Gasteiger partial charge in [-0.2, -0.15) is 0 Å². The lowest BCUT2D eigenvalue weighted by molar-refractivity contribution is 0.101. The Hall–Kier alpha value is -1.21. The molecule has 0 radical (unpaired) electrons. The smallest absolute Gasteiger partial charge is 0.321 e. The first-order chi connectivity index (χ1) is 9.12. The Bertz CT molecular complexity index is 400. The second-order valence-electron chi connectivity index (χ2n) is 5.23. The molecule has 0 aliphatic heterocycles. The highest BCUT2D eigenvalue weighted by Gasteiger charge is 2.34. The van der Waals surface area contributed by atoms with Crippen LogP contribution in [-0.4, -0.2) is 47.3 Å². The molecule has 106 valence electrons. The SMILES string of the molecule is CN(C)C1(CNC(=O)Nc2nncs2)CCCCC1. The van der Waals surface area contributed by atoms with Gasteiger partial charge < -0.3 is 10.2 Å². The molecule has 2 amide bonds. The summed E-state index contributed by atoms with van der Waals surface area (Å²) < 4.78 is 0. The average molecular weight is 283 g/mol. The van der Waals surface area contributed by atoms with Gasteiger partial charge in [0.15, 0.2) is 0 Å². The van der Waals surface area contributed by atoms with Crippen molar-refractivity contribution >= 4 is 22.5 Å². The van der Waals surface area contributed by atoms with Gasteiger partial charge >= 0.3 is 6.03 Å². The first-order valence-corrected chi connectivity index (χ1v) is 7.49. The molecule has 0 aromatic carbocycles. The molecule has 7 heteroatoms. The van der Waals surface area contributed by atoms with Gasteiger partial charge in [0.05, 0.1) is 0 Å². The minimum Gasteiger partial charge on any atom is -0.336 e. The monoisotopic (exact) mass is 283 g/mol. The third kappa shape index (κ3) is 3.63. The summed E-state index contributed by atoms with van der Waals surface area (Å²) in [4.78, 5) is 14.1. The van der Waals surface area contributed by atoms with E-state index in [2.05, 4.69) is 39.8 Å². The number of carbonyl (C=O) groups is 1. The molecule has 19 heavy (non-hydrogen) atoms. The molecule has 2 rings (SSSR count). The maximum absolute atomic E-state index is 11.8. The zero-order valence-electron chi connectivity index (χ0n) is 11.5. The zero-order valence-corrected chi connectivity index (χ0v) is 12.3. The van der Waals surface area contributed by atoms with Crippen LogP contribution in [0, 0.1) is 0 Å². The van der Waals surface area contributed by atoms with Crippen molar-refractivity contribution in [1.29, 1.82) is 0 Å². The number of urea groups is 1. The molecule has 0 bridgehead atoms. The lowest BCUT2D eigenvalue weighted by Crippen LogP contribution is -2.54. The highest BCUT2D eigenvalue weighted by Crippen LogP contribution is 2.31. The number of likely N-dealkylation sites (N-methyl/N-ethyl adjacent to an activating group) is 1. The maximum atomic E-state index is 11.8. The van der Waals surface area contributed by atoms with Crippen LogP contribution >= 0.6 is 11.3 Å². The van der Waals surface area contributed by atoms with Crippen LogP contribution in [0.3, 0.4) is 0 Å². The maximum Gasteiger partial charge on any atom is 0.321 e. The summed E-state index contributed by atoms with van der Waals surface area (Å²) in [6.07, 6.45) is 6.04. The van der Waals surface area contributed by atoms with E-state index in [4.69, 9.17) is 0 Å². The summed E-state index contributed by atoms with van der Waals surface area (Å²) in [5.41, 5.74) is 1.69. The average Bonchev–Trinajstić information content (AvgIpc) is 2.90. The van der Waals surface area contributed by atoms with Crippen molar-refractivity contribution in [2.45, 2.75) is 37.6 Å². The molecule has 1 aromatic heterocycles. The molecule has 1 saturated carbocycles. The molecular formula is C12H21N5OS. The Balaban J connectivity index is 1.86. The molecular weight excluding hydrogens is 262 g/mol. The fourth-order valence-electron chi connectivity index (χ4n) is 2.61. The number of nitrogens with one attached hydrogen (secondary N) is 2. The summed E-state index contributed by atoms with van der Waals surface area (Å²) >= 11 is 1.31. The second kappa shape index (κ2) is 6.29. The van der Waals surface area contributed by atoms with Gasteiger partial charge in [-0.15, -0.1) is 10.2 Å². The highest BCUT2D eigenvalue weighted by atomic mass is 32.1. The van der Waals surface area contributed by atoms with Crippen LogP contribution in [0.15, 0.2) is 5.51 Å². The highest BCUT2D eigenvalue weighted by molar-refractivity contribution is 7.13. The van der Waals surface area contributed by atoms with Crippen LogP contribution in [0.1, 0.15) is 32.1 Å². The van der Waals surface area contributed by atoms with Crippen molar-refractivity contribution in [3.8, 4) is 0 Å². The third-order valence-electron chi connectivity index (χ3n) is 3.89. The summed E-state index contributed by atoms with van der Waals surface area (Å²) in [6, 6.07) is -0.205. The molecule has 0 unspecified atom stereocenters. The van der Waals surface area contributed by atoms with E-state index in [9.17, 15) is 4.79 Å². The minimum absolute atomic E-state index is 0.0940. The van der Waals surface area contributed by atoms with Gasteiger partial charge in [0, 0.05) is 12.1 Å². The van der Waals surface area contributed by atoms with Gasteiger partial charge in [-0.1, -0.05) is 30.6 Å². The van der Waals surface area contributed by atoms with E-state index in [0.29, 0.717) is 11.7 Å². The topological polar surface area (TPSA) is 70.2 Å². The summed E-state index contributed by atoms with van der Waals surface area (Å²) in [5.74, 6) is 0. The summed E-state index contributed by atoms with van der Waals surface area (Å²) in [6.45, 7) is 0.671. The normalized spacial score (nSPS) is 18.3. The largest absolute Gasteiger partial charge is 0.336 e. The van der Waals surface area contributed by atoms with Gasteiger partial charge in [0.2, 0.25) is 5.13 Å². The number of nitrogens with zero attached hydrogens (tertiary/aromatic N) is 3. The number of rotatable bonds is 4. The van der Waals surface area contributed by atoms with Crippen LogP contribution in [0.4, 0.5) is 9.93 Å². The van der Waals surface area contributed by atoms with E-state index in [1.165, 1.54) is 30.6 Å². The van der Waals surface area contributed by atoms with Crippen molar-refractivity contribution in [2.24, 2.45) is 0 Å². The molecule has 1 aliphatic rings. The van der Waals surface area contributed by atoms with Crippen LogP contribution in [0.25, 0.3) is 0 Å². The number of aromatic nitrogens is 2. The predicted octanol–water partition coefficient (Wildman–Crippen LogP) is 1.92. The molecule has 0 saturated heterocycles. The first kappa shape index (κ1) is 14.2. The molecule has 1 heterocycles. The van der Waals surface area contributed by atoms with Crippen molar-refractivity contribution in [3.63, 3.8) is 0 Å². The molecule has 1 aromatic rings. The van der Waals surface area contributed by atoms with Crippen LogP contribution in [0.5, 0.6) is 0 Å². The van der Waals surface area contributed by atoms with Gasteiger partial charge in [-0.3, -0.25) is 5.32 Å². The van der Waals surface area contributed by atoms with E-state index >= 15 is 0 Å². The third-order valence-corrected chi connectivity index (χ3v) is 4.50. The quantitative estimate of drug-likeness (QED) is 0.885. The van der Waals surface area contributed by atoms with E-state index in [-0.39, 0.29) is 11.6 Å². The van der Waals surface area contributed by atoms with Crippen molar-refractivity contribution in [2.75, 3.05) is 26.0 Å². The van der Waals surface area contributed by atoms with E-state index in [1.807, 2.05) is 0 Å². The van der Waals surface area contributed by atoms with Crippen molar-refractivity contribution in [3.05, 3.63) is 5.51 Å². The fraction of sp³-hybridized carbons (Fsp3) is 0.750. The standard InChI is InChI=1S/C12H21N5OS/c1-17(2)12(6-4-3-5-7-12)8-13-10(18)15-11-16-14-9-19-11/h9H,3-8H2,1-2H3,(H2,13,15,16,18). The van der Waals surface area contributed by atoms with Gasteiger partial charge in [0.25, 0.3) is 0 Å². The van der Waals surface area contributed by atoms with Gasteiger partial charge in [0.1, 0.15) is 5.51 Å². The number of carbonyl (C=O) groups excluding carboxylic acids is 1. The second-order valence-corrected chi connectivity index (χ2v) is 6.06. The van der Waals surface area contributed by atoms with Crippen molar-refractivity contribution in [1.82, 2.24) is 20.4 Å². The molecule has 6 nitrogen and oxygen atoms in total. The Morgan fingerprint density at radius 2 is 2.16 bits per heavy atom. The number of hydrogen-bond donors (Lipinski definition) is 2. The van der Waals surface area contributed by atoms with Gasteiger partial charge in [-0.25, -0.2) is 4.79 Å². The lowest BCUT2D eigenvalue weighted by Gasteiger charge is -2.43. The molecule has 0 atom stereocenters. The van der Waals surface area contributed by atoms with E-state index in [1.54, 1.807) is 5.51 Å². The lowest BCUT2D eigenvalue weighted by atomic mass is 9.80. The predicted molar refractivity (Wildman–Crippen MR) is 76.4 cm³/mol. The molecule has 1 fully saturated rings.